The largest absolute Gasteiger partial charge is 0.481 e. The molecule has 2 aromatic rings. The highest BCUT2D eigenvalue weighted by Gasteiger charge is 2.13. The number of H-pyrrole nitrogens is 1. The van der Waals surface area contributed by atoms with Crippen molar-refractivity contribution >= 4 is 29.2 Å². The number of hydrogen-bond acceptors (Lipinski definition) is 4. The molecule has 1 aromatic heterocycles. The van der Waals surface area contributed by atoms with Crippen molar-refractivity contribution in [2.45, 2.75) is 13.0 Å². The lowest BCUT2D eigenvalue weighted by molar-refractivity contribution is 0.217. The molecule has 0 aliphatic rings. The van der Waals surface area contributed by atoms with Crippen LogP contribution in [0.4, 0.5) is 5.95 Å². The molecule has 90 valence electrons. The van der Waals surface area contributed by atoms with E-state index in [4.69, 9.17) is 33.7 Å². The van der Waals surface area contributed by atoms with Gasteiger partial charge >= 0.3 is 0 Å². The number of benzene rings is 1. The highest BCUT2D eigenvalue weighted by molar-refractivity contribution is 6.35. The number of nitrogens with zero attached hydrogens (tertiary/aromatic N) is 2. The molecule has 0 aliphatic carbocycles. The first kappa shape index (κ1) is 12.0. The van der Waals surface area contributed by atoms with E-state index in [1.807, 2.05) is 6.92 Å². The summed E-state index contributed by atoms with van der Waals surface area (Å²) in [5.74, 6) is 1.24. The van der Waals surface area contributed by atoms with E-state index >= 15 is 0 Å². The van der Waals surface area contributed by atoms with Gasteiger partial charge in [-0.1, -0.05) is 23.2 Å². The zero-order valence-electron chi connectivity index (χ0n) is 8.95. The van der Waals surface area contributed by atoms with Crippen LogP contribution in [-0.2, 0) is 0 Å². The van der Waals surface area contributed by atoms with Gasteiger partial charge in [0, 0.05) is 5.02 Å². The molecule has 1 heterocycles. The normalized spacial score (nSPS) is 12.4. The SMILES string of the molecule is CC(Oc1ccc(Cl)cc1Cl)c1nc(N)n[nH]1. The number of aromatic amines is 1. The topological polar surface area (TPSA) is 76.8 Å². The second-order valence-electron chi connectivity index (χ2n) is 3.41. The molecule has 0 amide bonds. The Morgan fingerprint density at radius 1 is 1.41 bits per heavy atom. The van der Waals surface area contributed by atoms with Gasteiger partial charge in [0.2, 0.25) is 5.95 Å². The van der Waals surface area contributed by atoms with Crippen LogP contribution in [0.3, 0.4) is 0 Å². The lowest BCUT2D eigenvalue weighted by Gasteiger charge is -2.13. The Kier molecular flexibility index (Phi) is 3.40. The number of nitrogens with one attached hydrogen (secondary N) is 1. The van der Waals surface area contributed by atoms with Crippen molar-refractivity contribution in [1.82, 2.24) is 15.2 Å². The summed E-state index contributed by atoms with van der Waals surface area (Å²) >= 11 is 11.8. The van der Waals surface area contributed by atoms with Crippen molar-refractivity contribution in [3.8, 4) is 5.75 Å². The number of hydrogen-bond donors (Lipinski definition) is 2. The Morgan fingerprint density at radius 2 is 2.18 bits per heavy atom. The van der Waals surface area contributed by atoms with Crippen LogP contribution >= 0.6 is 23.2 Å². The van der Waals surface area contributed by atoms with Crippen molar-refractivity contribution in [3.05, 3.63) is 34.1 Å². The van der Waals surface area contributed by atoms with E-state index in [2.05, 4.69) is 15.2 Å². The molecular formula is C10H10Cl2N4O. The number of anilines is 1. The Bertz CT molecular complexity index is 529. The molecule has 7 heteroatoms. The van der Waals surface area contributed by atoms with Gasteiger partial charge in [-0.05, 0) is 25.1 Å². The number of nitrogen functional groups attached to an aromatic ring is 1. The van der Waals surface area contributed by atoms with Crippen LogP contribution in [-0.4, -0.2) is 15.2 Å². The predicted molar refractivity (Wildman–Crippen MR) is 66.3 cm³/mol. The monoisotopic (exact) mass is 272 g/mol. The first-order chi connectivity index (χ1) is 8.06. The summed E-state index contributed by atoms with van der Waals surface area (Å²) in [6.07, 6.45) is -0.335. The van der Waals surface area contributed by atoms with Crippen molar-refractivity contribution < 1.29 is 4.74 Å². The number of aromatic nitrogens is 3. The fourth-order valence-electron chi connectivity index (χ4n) is 1.29. The van der Waals surface area contributed by atoms with E-state index in [-0.39, 0.29) is 12.1 Å². The number of ether oxygens (including phenoxy) is 1. The summed E-state index contributed by atoms with van der Waals surface area (Å²) < 4.78 is 5.62. The van der Waals surface area contributed by atoms with Crippen LogP contribution in [0.2, 0.25) is 10.0 Å². The third kappa shape index (κ3) is 2.81. The fourth-order valence-corrected chi connectivity index (χ4v) is 1.74. The number of nitrogens with two attached hydrogens (primary N) is 1. The Labute approximate surface area is 108 Å². The molecule has 2 rings (SSSR count). The summed E-state index contributed by atoms with van der Waals surface area (Å²) in [6, 6.07) is 5.01. The van der Waals surface area contributed by atoms with Crippen LogP contribution in [0, 0.1) is 0 Å². The first-order valence-corrected chi connectivity index (χ1v) is 5.61. The summed E-state index contributed by atoms with van der Waals surface area (Å²) in [6.45, 7) is 1.81. The van der Waals surface area contributed by atoms with Gasteiger partial charge in [0.05, 0.1) is 5.02 Å². The van der Waals surface area contributed by atoms with Crippen LogP contribution in [0.25, 0.3) is 0 Å². The standard InChI is InChI=1S/C10H10Cl2N4O/c1-5(9-14-10(13)16-15-9)17-8-3-2-6(11)4-7(8)12/h2-5H,1H3,(H3,13,14,15,16). The molecule has 0 radical (unpaired) electrons. The van der Waals surface area contributed by atoms with Gasteiger partial charge in [-0.2, -0.15) is 4.98 Å². The van der Waals surface area contributed by atoms with Crippen LogP contribution < -0.4 is 10.5 Å². The van der Waals surface area contributed by atoms with E-state index in [0.717, 1.165) is 0 Å². The van der Waals surface area contributed by atoms with Crippen LogP contribution in [0.15, 0.2) is 18.2 Å². The van der Waals surface area contributed by atoms with E-state index in [1.54, 1.807) is 18.2 Å². The average Bonchev–Trinajstić information content (AvgIpc) is 2.69. The van der Waals surface area contributed by atoms with Crippen LogP contribution in [0.5, 0.6) is 5.75 Å². The van der Waals surface area contributed by atoms with Gasteiger partial charge in [-0.3, -0.25) is 5.10 Å². The van der Waals surface area contributed by atoms with Gasteiger partial charge in [-0.25, -0.2) is 0 Å². The smallest absolute Gasteiger partial charge is 0.239 e. The molecule has 0 fully saturated rings. The van der Waals surface area contributed by atoms with E-state index in [0.29, 0.717) is 21.6 Å². The minimum absolute atomic E-state index is 0.178. The molecule has 1 aromatic carbocycles. The van der Waals surface area contributed by atoms with Gasteiger partial charge in [0.25, 0.3) is 0 Å². The maximum absolute atomic E-state index is 5.99. The molecule has 0 aliphatic heterocycles. The third-order valence-electron chi connectivity index (χ3n) is 2.10. The molecule has 1 unspecified atom stereocenters. The highest BCUT2D eigenvalue weighted by atomic mass is 35.5. The zero-order valence-corrected chi connectivity index (χ0v) is 10.5. The van der Waals surface area contributed by atoms with E-state index in [1.165, 1.54) is 0 Å². The quantitative estimate of drug-likeness (QED) is 0.901. The molecule has 3 N–H and O–H groups in total. The second kappa shape index (κ2) is 4.81. The minimum Gasteiger partial charge on any atom is -0.481 e. The van der Waals surface area contributed by atoms with Crippen molar-refractivity contribution in [3.63, 3.8) is 0 Å². The summed E-state index contributed by atoms with van der Waals surface area (Å²) in [5.41, 5.74) is 5.41. The molecular weight excluding hydrogens is 263 g/mol. The van der Waals surface area contributed by atoms with Gasteiger partial charge in [0.15, 0.2) is 11.9 Å². The average molecular weight is 273 g/mol. The number of rotatable bonds is 3. The highest BCUT2D eigenvalue weighted by Crippen LogP contribution is 2.30. The lowest BCUT2D eigenvalue weighted by Crippen LogP contribution is -2.05. The first-order valence-electron chi connectivity index (χ1n) is 4.85. The predicted octanol–water partition coefficient (Wildman–Crippen LogP) is 2.83. The van der Waals surface area contributed by atoms with Crippen LogP contribution in [0.1, 0.15) is 18.9 Å². The zero-order chi connectivity index (χ0) is 12.4. The van der Waals surface area contributed by atoms with Crippen molar-refractivity contribution in [2.75, 3.05) is 5.73 Å². The summed E-state index contributed by atoms with van der Waals surface area (Å²) in [4.78, 5) is 3.97. The minimum atomic E-state index is -0.335. The maximum atomic E-state index is 5.99. The Morgan fingerprint density at radius 3 is 2.76 bits per heavy atom. The lowest BCUT2D eigenvalue weighted by atomic mass is 10.3. The molecule has 5 nitrogen and oxygen atoms in total. The maximum Gasteiger partial charge on any atom is 0.239 e. The van der Waals surface area contributed by atoms with Crippen molar-refractivity contribution in [2.24, 2.45) is 0 Å². The Balaban J connectivity index is 2.15. The third-order valence-corrected chi connectivity index (χ3v) is 2.63. The van der Waals surface area contributed by atoms with Crippen molar-refractivity contribution in [1.29, 1.82) is 0 Å². The fraction of sp³-hybridized carbons (Fsp3) is 0.200. The van der Waals surface area contributed by atoms with Gasteiger partial charge in [0.1, 0.15) is 5.75 Å². The molecule has 1 atom stereocenters. The molecule has 0 spiro atoms. The van der Waals surface area contributed by atoms with E-state index < -0.39 is 0 Å². The second-order valence-corrected chi connectivity index (χ2v) is 4.26. The molecule has 17 heavy (non-hydrogen) atoms. The molecule has 0 saturated heterocycles. The number of halogens is 2. The van der Waals surface area contributed by atoms with Gasteiger partial charge < -0.3 is 10.5 Å². The summed E-state index contributed by atoms with van der Waals surface area (Å²) in [5, 5.41) is 7.40. The molecule has 0 bridgehead atoms. The van der Waals surface area contributed by atoms with Gasteiger partial charge in [-0.15, -0.1) is 5.10 Å². The summed E-state index contributed by atoms with van der Waals surface area (Å²) in [7, 11) is 0. The van der Waals surface area contributed by atoms with E-state index in [9.17, 15) is 0 Å². The molecule has 0 saturated carbocycles. The Hall–Kier alpha value is -1.46.